The smallest absolute Gasteiger partial charge is 0.235 e. The number of benzene rings is 1. The Morgan fingerprint density at radius 1 is 1.44 bits per heavy atom. The van der Waals surface area contributed by atoms with Gasteiger partial charge in [-0.2, -0.15) is 0 Å². The van der Waals surface area contributed by atoms with Crippen LogP contribution in [0.15, 0.2) is 35.3 Å². The molecule has 1 rings (SSSR count). The maximum absolute atomic E-state index is 10.8. The van der Waals surface area contributed by atoms with E-state index in [9.17, 15) is 9.59 Å². The van der Waals surface area contributed by atoms with E-state index in [1.165, 1.54) is 18.7 Å². The lowest BCUT2D eigenvalue weighted by atomic mass is 10.1. The van der Waals surface area contributed by atoms with Crippen molar-refractivity contribution in [1.29, 1.82) is 0 Å². The van der Waals surface area contributed by atoms with Gasteiger partial charge >= 0.3 is 0 Å². The van der Waals surface area contributed by atoms with Crippen molar-refractivity contribution in [3.63, 3.8) is 0 Å². The molecule has 0 bridgehead atoms. The van der Waals surface area contributed by atoms with Gasteiger partial charge in [0.25, 0.3) is 0 Å². The number of isocyanates is 1. The van der Waals surface area contributed by atoms with Gasteiger partial charge in [0.05, 0.1) is 6.04 Å². The first-order valence-corrected chi connectivity index (χ1v) is 5.95. The third-order valence-corrected chi connectivity index (χ3v) is 2.99. The number of hydrogen-bond acceptors (Lipinski definition) is 4. The molecule has 0 fully saturated rings. The minimum Gasteiger partial charge on any atom is -0.288 e. The van der Waals surface area contributed by atoms with Gasteiger partial charge in [0.1, 0.15) is 0 Å². The lowest BCUT2D eigenvalue weighted by Gasteiger charge is -2.08. The van der Waals surface area contributed by atoms with Crippen LogP contribution in [0.5, 0.6) is 0 Å². The largest absolute Gasteiger partial charge is 0.288 e. The van der Waals surface area contributed by atoms with E-state index in [1.54, 1.807) is 6.08 Å². The standard InChI is InChI=1S/C12H13NO2S/c1-10(15)16-8-12(13-9-14)7-11-5-3-2-4-6-11/h2-6,12H,7-8H2,1H3. The third kappa shape index (κ3) is 4.91. The first-order valence-electron chi connectivity index (χ1n) is 4.96. The van der Waals surface area contributed by atoms with E-state index in [-0.39, 0.29) is 11.2 Å². The zero-order chi connectivity index (χ0) is 11.8. The summed E-state index contributed by atoms with van der Waals surface area (Å²) in [4.78, 5) is 24.8. The Bertz CT molecular complexity index is 385. The van der Waals surface area contributed by atoms with Crippen LogP contribution in [0.1, 0.15) is 12.5 Å². The molecule has 0 radical (unpaired) electrons. The molecule has 0 aromatic heterocycles. The van der Waals surface area contributed by atoms with Gasteiger partial charge in [0.2, 0.25) is 6.08 Å². The van der Waals surface area contributed by atoms with Gasteiger partial charge in [-0.15, -0.1) is 0 Å². The Kier molecular flexibility index (Phi) is 5.54. The summed E-state index contributed by atoms with van der Waals surface area (Å²) in [6, 6.07) is 9.60. The van der Waals surface area contributed by atoms with Crippen molar-refractivity contribution in [1.82, 2.24) is 0 Å². The van der Waals surface area contributed by atoms with Crippen LogP contribution in [0, 0.1) is 0 Å². The molecule has 16 heavy (non-hydrogen) atoms. The predicted octanol–water partition coefficient (Wildman–Crippen LogP) is 2.21. The molecule has 0 spiro atoms. The summed E-state index contributed by atoms with van der Waals surface area (Å²) >= 11 is 1.19. The molecule has 84 valence electrons. The molecule has 0 heterocycles. The minimum absolute atomic E-state index is 0.0409. The van der Waals surface area contributed by atoms with Gasteiger partial charge in [-0.3, -0.25) is 4.79 Å². The van der Waals surface area contributed by atoms with Crippen LogP contribution in [0.2, 0.25) is 0 Å². The number of nitrogens with zero attached hydrogens (tertiary/aromatic N) is 1. The van der Waals surface area contributed by atoms with Crippen molar-refractivity contribution in [2.45, 2.75) is 19.4 Å². The predicted molar refractivity (Wildman–Crippen MR) is 65.2 cm³/mol. The van der Waals surface area contributed by atoms with E-state index in [2.05, 4.69) is 4.99 Å². The fraction of sp³-hybridized carbons (Fsp3) is 0.333. The number of aliphatic imine (C=N–C) groups is 1. The van der Waals surface area contributed by atoms with Crippen LogP contribution in [0.4, 0.5) is 0 Å². The molecule has 3 nitrogen and oxygen atoms in total. The molecule has 0 saturated carbocycles. The van der Waals surface area contributed by atoms with Crippen molar-refractivity contribution in [3.05, 3.63) is 35.9 Å². The molecule has 0 saturated heterocycles. The first kappa shape index (κ1) is 12.7. The number of rotatable bonds is 5. The Morgan fingerprint density at radius 3 is 2.69 bits per heavy atom. The summed E-state index contributed by atoms with van der Waals surface area (Å²) in [5, 5.41) is 0.0409. The molecule has 1 aromatic carbocycles. The monoisotopic (exact) mass is 235 g/mol. The molecule has 1 aromatic rings. The van der Waals surface area contributed by atoms with Gasteiger partial charge in [-0.25, -0.2) is 9.79 Å². The Balaban J connectivity index is 2.57. The van der Waals surface area contributed by atoms with E-state index in [4.69, 9.17) is 0 Å². The van der Waals surface area contributed by atoms with Gasteiger partial charge < -0.3 is 0 Å². The van der Waals surface area contributed by atoms with Gasteiger partial charge in [-0.1, -0.05) is 42.1 Å². The summed E-state index contributed by atoms with van der Waals surface area (Å²) in [5.74, 6) is 0.527. The highest BCUT2D eigenvalue weighted by molar-refractivity contribution is 8.13. The van der Waals surface area contributed by atoms with Crippen molar-refractivity contribution >= 4 is 23.0 Å². The molecule has 1 unspecified atom stereocenters. The zero-order valence-electron chi connectivity index (χ0n) is 9.05. The van der Waals surface area contributed by atoms with E-state index >= 15 is 0 Å². The lowest BCUT2D eigenvalue weighted by molar-refractivity contribution is -0.109. The molecule has 0 N–H and O–H groups in total. The summed E-state index contributed by atoms with van der Waals surface area (Å²) in [6.45, 7) is 1.51. The Labute approximate surface area is 99.0 Å². The second kappa shape index (κ2) is 6.99. The minimum atomic E-state index is -0.172. The Morgan fingerprint density at radius 2 is 2.12 bits per heavy atom. The van der Waals surface area contributed by atoms with Crippen LogP contribution in [0.3, 0.4) is 0 Å². The summed E-state index contributed by atoms with van der Waals surface area (Å²) in [7, 11) is 0. The number of carbonyl (C=O) groups is 1. The summed E-state index contributed by atoms with van der Waals surface area (Å²) in [6.07, 6.45) is 2.23. The number of thioether (sulfide) groups is 1. The number of hydrogen-bond donors (Lipinski definition) is 0. The van der Waals surface area contributed by atoms with E-state index < -0.39 is 0 Å². The van der Waals surface area contributed by atoms with Crippen LogP contribution in [-0.2, 0) is 16.0 Å². The molecular weight excluding hydrogens is 222 g/mol. The van der Waals surface area contributed by atoms with Crippen LogP contribution in [0.25, 0.3) is 0 Å². The van der Waals surface area contributed by atoms with Crippen molar-refractivity contribution in [2.24, 2.45) is 4.99 Å². The molecule has 0 aliphatic carbocycles. The maximum atomic E-state index is 10.8. The highest BCUT2D eigenvalue weighted by atomic mass is 32.2. The van der Waals surface area contributed by atoms with Crippen molar-refractivity contribution in [2.75, 3.05) is 5.75 Å². The average molecular weight is 235 g/mol. The SMILES string of the molecule is CC(=O)SCC(Cc1ccccc1)N=C=O. The Hall–Kier alpha value is -1.38. The van der Waals surface area contributed by atoms with E-state index in [1.807, 2.05) is 30.3 Å². The first-order chi connectivity index (χ1) is 7.72. The van der Waals surface area contributed by atoms with E-state index in [0.29, 0.717) is 12.2 Å². The van der Waals surface area contributed by atoms with Crippen molar-refractivity contribution in [3.8, 4) is 0 Å². The molecule has 0 aliphatic heterocycles. The molecule has 4 heteroatoms. The molecular formula is C12H13NO2S. The lowest BCUT2D eigenvalue weighted by Crippen LogP contribution is -2.12. The quantitative estimate of drug-likeness (QED) is 0.580. The highest BCUT2D eigenvalue weighted by Gasteiger charge is 2.09. The highest BCUT2D eigenvalue weighted by Crippen LogP contribution is 2.12. The zero-order valence-corrected chi connectivity index (χ0v) is 9.87. The van der Waals surface area contributed by atoms with Crippen molar-refractivity contribution < 1.29 is 9.59 Å². The maximum Gasteiger partial charge on any atom is 0.235 e. The number of carbonyl (C=O) groups excluding carboxylic acids is 2. The fourth-order valence-corrected chi connectivity index (χ4v) is 1.94. The second-order valence-electron chi connectivity index (χ2n) is 3.37. The summed E-state index contributed by atoms with van der Waals surface area (Å²) < 4.78 is 0. The van der Waals surface area contributed by atoms with Gasteiger partial charge in [0, 0.05) is 12.7 Å². The average Bonchev–Trinajstić information content (AvgIpc) is 2.27. The van der Waals surface area contributed by atoms with Gasteiger partial charge in [0.15, 0.2) is 5.12 Å². The molecule has 1 atom stereocenters. The molecule has 0 amide bonds. The normalized spacial score (nSPS) is 11.6. The fourth-order valence-electron chi connectivity index (χ4n) is 1.32. The van der Waals surface area contributed by atoms with Crippen LogP contribution < -0.4 is 0 Å². The summed E-state index contributed by atoms with van der Waals surface area (Å²) in [5.41, 5.74) is 1.11. The van der Waals surface area contributed by atoms with Crippen LogP contribution >= 0.6 is 11.8 Å². The molecule has 0 aliphatic rings. The van der Waals surface area contributed by atoms with Gasteiger partial charge in [-0.05, 0) is 12.0 Å². The van der Waals surface area contributed by atoms with E-state index in [0.717, 1.165) is 5.56 Å². The second-order valence-corrected chi connectivity index (χ2v) is 4.56. The topological polar surface area (TPSA) is 46.5 Å². The van der Waals surface area contributed by atoms with Crippen LogP contribution in [-0.4, -0.2) is 23.0 Å². The third-order valence-electron chi connectivity index (χ3n) is 2.03.